The van der Waals surface area contributed by atoms with Crippen molar-refractivity contribution in [2.45, 2.75) is 19.1 Å². The molecule has 4 aromatic carbocycles. The topological polar surface area (TPSA) is 18.5 Å². The van der Waals surface area contributed by atoms with Crippen LogP contribution >= 0.6 is 181 Å². The van der Waals surface area contributed by atoms with Crippen molar-refractivity contribution in [2.75, 3.05) is 0 Å². The van der Waals surface area contributed by atoms with E-state index in [1.807, 2.05) is 115 Å². The Morgan fingerprint density at radius 3 is 0.907 bits per heavy atom. The molecule has 4 rings (SSSR count). The van der Waals surface area contributed by atoms with Gasteiger partial charge >= 0.3 is 12.7 Å². The normalized spacial score (nSPS) is 12.0. The molecule has 2 nitrogen and oxygen atoms in total. The minimum atomic E-state index is -4.76. The molecule has 0 saturated heterocycles. The first-order valence-corrected chi connectivity index (χ1v) is 19.9. The highest BCUT2D eigenvalue weighted by Crippen LogP contribution is 2.40. The molecule has 0 aliphatic heterocycles. The summed E-state index contributed by atoms with van der Waals surface area (Å²) in [5.41, 5.74) is 5.70. The zero-order valence-electron chi connectivity index (χ0n) is 20.4. The molecule has 0 amide bonds. The molecule has 0 aliphatic carbocycles. The molecular formula is C27H10F6I8O2. The first kappa shape index (κ1) is 37.7. The molecule has 0 radical (unpaired) electrons. The minimum absolute atomic E-state index is 0.256. The van der Waals surface area contributed by atoms with Crippen LogP contribution in [0.15, 0.2) is 48.5 Å². The highest BCUT2D eigenvalue weighted by molar-refractivity contribution is 14.1. The molecule has 228 valence electrons. The summed E-state index contributed by atoms with van der Waals surface area (Å²) in [4.78, 5) is 0. The SMILES string of the molecule is FC(F)(F)Oc1cc(I)c(-c2cc(I)c(Cc3c(I)cc(-c4c(I)cc(OC(F)(F)F)cc4I)cc3I)c(I)c2)c(I)c1. The highest BCUT2D eigenvalue weighted by Gasteiger charge is 2.32. The van der Waals surface area contributed by atoms with Crippen molar-refractivity contribution in [1.29, 1.82) is 0 Å². The van der Waals surface area contributed by atoms with E-state index in [4.69, 9.17) is 0 Å². The van der Waals surface area contributed by atoms with Gasteiger partial charge in [-0.1, -0.05) is 0 Å². The van der Waals surface area contributed by atoms with Crippen LogP contribution in [0.2, 0.25) is 0 Å². The molecule has 0 fully saturated rings. The van der Waals surface area contributed by atoms with Gasteiger partial charge in [0.2, 0.25) is 0 Å². The Morgan fingerprint density at radius 1 is 0.419 bits per heavy atom. The summed E-state index contributed by atoms with van der Waals surface area (Å²) in [5.74, 6) is -0.512. The van der Waals surface area contributed by atoms with E-state index in [-0.39, 0.29) is 11.5 Å². The first-order valence-electron chi connectivity index (χ1n) is 11.3. The summed E-state index contributed by atoms with van der Waals surface area (Å²) >= 11 is 17.3. The molecular weight excluding hydrogens is 1490 g/mol. The van der Waals surface area contributed by atoms with Crippen molar-refractivity contribution in [3.63, 3.8) is 0 Å². The van der Waals surface area contributed by atoms with Crippen molar-refractivity contribution in [1.82, 2.24) is 0 Å². The summed E-state index contributed by atoms with van der Waals surface area (Å²) < 4.78 is 91.4. The monoisotopic (exact) mass is 1500 g/mol. The second kappa shape index (κ2) is 15.2. The Labute approximate surface area is 351 Å². The molecule has 0 atom stereocenters. The number of ether oxygens (including phenoxy) is 2. The summed E-state index contributed by atoms with van der Waals surface area (Å²) in [6.45, 7) is 0. The number of rotatable bonds is 6. The Kier molecular flexibility index (Phi) is 13.3. The van der Waals surface area contributed by atoms with Gasteiger partial charge in [-0.2, -0.15) is 0 Å². The average Bonchev–Trinajstić information content (AvgIpc) is 2.79. The van der Waals surface area contributed by atoms with Gasteiger partial charge < -0.3 is 9.47 Å². The lowest BCUT2D eigenvalue weighted by Crippen LogP contribution is -2.17. The van der Waals surface area contributed by atoms with E-state index in [0.29, 0.717) is 20.7 Å². The average molecular weight is 1500 g/mol. The van der Waals surface area contributed by atoms with Crippen molar-refractivity contribution in [3.8, 4) is 33.8 Å². The predicted molar refractivity (Wildman–Crippen MR) is 222 cm³/mol. The van der Waals surface area contributed by atoms with Gasteiger partial charge in [0.1, 0.15) is 11.5 Å². The van der Waals surface area contributed by atoms with E-state index < -0.39 is 12.7 Å². The predicted octanol–water partition coefficient (Wildman–Crippen LogP) is 13.2. The van der Waals surface area contributed by atoms with Gasteiger partial charge in [-0.05, 0) is 252 Å². The van der Waals surface area contributed by atoms with E-state index in [1.54, 1.807) is 0 Å². The maximum absolute atomic E-state index is 12.8. The van der Waals surface area contributed by atoms with E-state index in [1.165, 1.54) is 24.3 Å². The number of alkyl halides is 6. The maximum Gasteiger partial charge on any atom is 0.573 e. The lowest BCUT2D eigenvalue weighted by molar-refractivity contribution is -0.275. The van der Waals surface area contributed by atoms with Gasteiger partial charge in [-0.15, -0.1) is 26.3 Å². The Bertz CT molecular complexity index is 1510. The fraction of sp³-hybridized carbons (Fsp3) is 0.111. The largest absolute Gasteiger partial charge is 0.573 e. The number of benzene rings is 4. The molecule has 0 bridgehead atoms. The Morgan fingerprint density at radius 2 is 0.674 bits per heavy atom. The van der Waals surface area contributed by atoms with Crippen LogP contribution < -0.4 is 9.47 Å². The van der Waals surface area contributed by atoms with Crippen molar-refractivity contribution in [3.05, 3.63) is 88.2 Å². The zero-order valence-corrected chi connectivity index (χ0v) is 37.7. The minimum Gasteiger partial charge on any atom is -0.406 e. The fourth-order valence-electron chi connectivity index (χ4n) is 4.05. The fourth-order valence-corrected chi connectivity index (χ4v) is 13.0. The third kappa shape index (κ3) is 9.98. The third-order valence-electron chi connectivity index (χ3n) is 5.71. The van der Waals surface area contributed by atoms with Gasteiger partial charge in [-0.3, -0.25) is 0 Å². The molecule has 0 spiro atoms. The number of halogens is 14. The highest BCUT2D eigenvalue weighted by atomic mass is 127. The maximum atomic E-state index is 12.8. The van der Waals surface area contributed by atoms with Gasteiger partial charge in [-0.25, -0.2) is 0 Å². The zero-order chi connectivity index (χ0) is 32.0. The van der Waals surface area contributed by atoms with Crippen LogP contribution in [0.25, 0.3) is 22.3 Å². The van der Waals surface area contributed by atoms with Gasteiger partial charge in [0, 0.05) is 46.1 Å². The first-order chi connectivity index (χ1) is 19.8. The number of hydrogen-bond acceptors (Lipinski definition) is 2. The molecule has 0 N–H and O–H groups in total. The summed E-state index contributed by atoms with van der Waals surface area (Å²) in [6, 6.07) is 13.7. The van der Waals surface area contributed by atoms with E-state index in [2.05, 4.69) is 99.8 Å². The summed E-state index contributed by atoms with van der Waals surface area (Å²) in [5, 5.41) is 0. The second-order valence-electron chi connectivity index (χ2n) is 8.63. The number of hydrogen-bond donors (Lipinski definition) is 0. The van der Waals surface area contributed by atoms with Crippen LogP contribution in [0.5, 0.6) is 11.5 Å². The van der Waals surface area contributed by atoms with Crippen molar-refractivity contribution >= 4 is 181 Å². The quantitative estimate of drug-likeness (QED) is 0.141. The Hall–Kier alpha value is 1.90. The van der Waals surface area contributed by atoms with Crippen molar-refractivity contribution < 1.29 is 35.8 Å². The Balaban J connectivity index is 1.67. The molecule has 0 unspecified atom stereocenters. The van der Waals surface area contributed by atoms with Gasteiger partial charge in [0.05, 0.1) is 0 Å². The van der Waals surface area contributed by atoms with E-state index in [9.17, 15) is 26.3 Å². The van der Waals surface area contributed by atoms with Crippen LogP contribution in [-0.4, -0.2) is 12.7 Å². The molecule has 0 saturated carbocycles. The standard InChI is InChI=1S/C27H10F6I8O2/c28-26(29,30)42-12-5-20(38)24(21(39)6-12)10-1-16(34)14(17(35)2-10)9-15-18(36)3-11(4-19(15)37)25-22(40)7-13(8-23(25)41)43-27(31,32)33/h1-8H,9H2. The van der Waals surface area contributed by atoms with Gasteiger partial charge in [0.25, 0.3) is 0 Å². The van der Waals surface area contributed by atoms with Crippen LogP contribution in [0.3, 0.4) is 0 Å². The molecule has 4 aromatic rings. The second-order valence-corrected chi connectivity index (χ2v) is 17.9. The van der Waals surface area contributed by atoms with Crippen LogP contribution in [0.4, 0.5) is 26.3 Å². The molecule has 16 heteroatoms. The van der Waals surface area contributed by atoms with Gasteiger partial charge in [0.15, 0.2) is 0 Å². The lowest BCUT2D eigenvalue weighted by Gasteiger charge is -2.18. The summed E-state index contributed by atoms with van der Waals surface area (Å²) in [7, 11) is 0. The summed E-state index contributed by atoms with van der Waals surface area (Å²) in [6.07, 6.45) is -8.88. The lowest BCUT2D eigenvalue weighted by atomic mass is 9.98. The van der Waals surface area contributed by atoms with E-state index in [0.717, 1.165) is 47.7 Å². The molecule has 0 heterocycles. The van der Waals surface area contributed by atoms with Crippen LogP contribution in [-0.2, 0) is 6.42 Å². The van der Waals surface area contributed by atoms with Crippen LogP contribution in [0.1, 0.15) is 11.1 Å². The van der Waals surface area contributed by atoms with Crippen molar-refractivity contribution in [2.24, 2.45) is 0 Å². The third-order valence-corrected chi connectivity index (χ3v) is 13.0. The van der Waals surface area contributed by atoms with Crippen LogP contribution in [0, 0.1) is 28.6 Å². The molecule has 43 heavy (non-hydrogen) atoms. The van der Waals surface area contributed by atoms with E-state index >= 15 is 0 Å². The smallest absolute Gasteiger partial charge is 0.406 e. The molecule has 0 aliphatic rings. The molecule has 0 aromatic heterocycles.